The number of nitrogens with one attached hydrogen (secondary N) is 2. The predicted molar refractivity (Wildman–Crippen MR) is 131 cm³/mol. The highest BCUT2D eigenvalue weighted by atomic mass is 32.2. The van der Waals surface area contributed by atoms with Gasteiger partial charge in [-0.25, -0.2) is 31.1 Å². The van der Waals surface area contributed by atoms with Crippen molar-refractivity contribution in [3.8, 4) is 0 Å². The van der Waals surface area contributed by atoms with Gasteiger partial charge in [0.1, 0.15) is 0 Å². The van der Waals surface area contributed by atoms with Crippen molar-refractivity contribution in [1.29, 1.82) is 0 Å². The highest BCUT2D eigenvalue weighted by molar-refractivity contribution is 7.89. The Bertz CT molecular complexity index is 1140. The van der Waals surface area contributed by atoms with Crippen LogP contribution in [-0.4, -0.2) is 48.0 Å². The van der Waals surface area contributed by atoms with Crippen molar-refractivity contribution in [3.05, 3.63) is 48.5 Å². The molecular formula is C23H30N4O5S2. The van der Waals surface area contributed by atoms with E-state index in [0.717, 1.165) is 25.7 Å². The zero-order valence-electron chi connectivity index (χ0n) is 19.3. The van der Waals surface area contributed by atoms with Gasteiger partial charge in [-0.3, -0.25) is 9.80 Å². The Kier molecular flexibility index (Phi) is 6.99. The Labute approximate surface area is 201 Å². The minimum Gasteiger partial charge on any atom is -0.294 e. The Morgan fingerprint density at radius 1 is 0.706 bits per heavy atom. The predicted octanol–water partition coefficient (Wildman–Crippen LogP) is 3.04. The summed E-state index contributed by atoms with van der Waals surface area (Å²) in [7, 11) is -7.14. The minimum absolute atomic E-state index is 0.0161. The second-order valence-electron chi connectivity index (χ2n) is 8.55. The lowest BCUT2D eigenvalue weighted by Gasteiger charge is -2.29. The molecule has 2 fully saturated rings. The van der Waals surface area contributed by atoms with Crippen molar-refractivity contribution in [2.75, 3.05) is 22.9 Å². The van der Waals surface area contributed by atoms with Crippen molar-refractivity contribution >= 4 is 37.5 Å². The Hall–Kier alpha value is -2.47. The van der Waals surface area contributed by atoms with Crippen LogP contribution in [0, 0.1) is 0 Å². The summed E-state index contributed by atoms with van der Waals surface area (Å²) < 4.78 is 55.0. The molecule has 2 N–H and O–H groups in total. The molecule has 0 radical (unpaired) electrons. The number of rotatable bonds is 10. The molecular weight excluding hydrogens is 476 g/mol. The van der Waals surface area contributed by atoms with Gasteiger partial charge in [-0.15, -0.1) is 0 Å². The van der Waals surface area contributed by atoms with E-state index in [1.165, 1.54) is 24.3 Å². The van der Waals surface area contributed by atoms with E-state index in [2.05, 4.69) is 9.44 Å². The van der Waals surface area contributed by atoms with Crippen molar-refractivity contribution in [1.82, 2.24) is 9.44 Å². The maximum atomic E-state index is 13.4. The van der Waals surface area contributed by atoms with E-state index in [1.54, 1.807) is 34.1 Å². The molecule has 0 unspecified atom stereocenters. The van der Waals surface area contributed by atoms with Crippen LogP contribution in [0.2, 0.25) is 0 Å². The van der Waals surface area contributed by atoms with Gasteiger partial charge in [-0.1, -0.05) is 0 Å². The van der Waals surface area contributed by atoms with Crippen molar-refractivity contribution < 1.29 is 21.6 Å². The number of carbonyl (C=O) groups excluding carboxylic acids is 1. The maximum Gasteiger partial charge on any atom is 0.328 e. The third-order valence-corrected chi connectivity index (χ3v) is 8.88. The maximum absolute atomic E-state index is 13.4. The van der Waals surface area contributed by atoms with Crippen LogP contribution in [0.5, 0.6) is 0 Å². The molecule has 2 aromatic carbocycles. The first-order valence-corrected chi connectivity index (χ1v) is 14.4. The Morgan fingerprint density at radius 3 is 1.29 bits per heavy atom. The van der Waals surface area contributed by atoms with E-state index in [1.807, 2.05) is 13.8 Å². The summed E-state index contributed by atoms with van der Waals surface area (Å²) in [5.74, 6) is 0. The largest absolute Gasteiger partial charge is 0.328 e. The van der Waals surface area contributed by atoms with Crippen LogP contribution >= 0.6 is 0 Å². The summed E-state index contributed by atoms with van der Waals surface area (Å²) >= 11 is 0. The summed E-state index contributed by atoms with van der Waals surface area (Å²) in [5, 5.41) is 0. The van der Waals surface area contributed by atoms with Crippen LogP contribution in [0.25, 0.3) is 0 Å². The summed E-state index contributed by atoms with van der Waals surface area (Å²) in [4.78, 5) is 16.8. The van der Waals surface area contributed by atoms with Crippen LogP contribution < -0.4 is 19.2 Å². The van der Waals surface area contributed by atoms with Gasteiger partial charge in [0.05, 0.1) is 9.79 Å². The number of benzene rings is 2. The topological polar surface area (TPSA) is 116 Å². The number of hydrogen-bond donors (Lipinski definition) is 2. The van der Waals surface area contributed by atoms with Gasteiger partial charge in [-0.2, -0.15) is 0 Å². The molecule has 11 heteroatoms. The summed E-state index contributed by atoms with van der Waals surface area (Å²) in [6, 6.07) is 12.2. The third-order valence-electron chi connectivity index (χ3n) is 5.81. The normalized spacial score (nSPS) is 16.3. The molecule has 34 heavy (non-hydrogen) atoms. The van der Waals surface area contributed by atoms with Gasteiger partial charge in [0.25, 0.3) is 0 Å². The van der Waals surface area contributed by atoms with Crippen molar-refractivity contribution in [2.24, 2.45) is 0 Å². The van der Waals surface area contributed by atoms with E-state index in [0.29, 0.717) is 24.5 Å². The summed E-state index contributed by atoms with van der Waals surface area (Å²) in [6.07, 6.45) is 3.41. The quantitative estimate of drug-likeness (QED) is 0.514. The minimum atomic E-state index is -3.57. The number of nitrogens with zero attached hydrogens (tertiary/aromatic N) is 2. The number of hydrogen-bond acceptors (Lipinski definition) is 5. The molecule has 9 nitrogen and oxygen atoms in total. The molecule has 0 atom stereocenters. The van der Waals surface area contributed by atoms with Gasteiger partial charge in [-0.05, 0) is 88.1 Å². The smallest absolute Gasteiger partial charge is 0.294 e. The lowest BCUT2D eigenvalue weighted by molar-refractivity contribution is 0.252. The molecule has 2 amide bonds. The van der Waals surface area contributed by atoms with Gasteiger partial charge < -0.3 is 0 Å². The number of amides is 2. The second kappa shape index (κ2) is 9.65. The van der Waals surface area contributed by atoms with Gasteiger partial charge in [0.15, 0.2) is 0 Å². The average molecular weight is 507 g/mol. The molecule has 2 aromatic rings. The molecule has 2 aliphatic rings. The molecule has 4 rings (SSSR count). The van der Waals surface area contributed by atoms with Gasteiger partial charge in [0, 0.05) is 36.5 Å². The molecule has 2 saturated carbocycles. The molecule has 2 aliphatic carbocycles. The molecule has 0 heterocycles. The first-order chi connectivity index (χ1) is 16.1. The molecule has 0 bridgehead atoms. The van der Waals surface area contributed by atoms with E-state index in [4.69, 9.17) is 0 Å². The summed E-state index contributed by atoms with van der Waals surface area (Å²) in [6.45, 7) is 4.42. The van der Waals surface area contributed by atoms with Gasteiger partial charge >= 0.3 is 6.03 Å². The third kappa shape index (κ3) is 5.60. The monoisotopic (exact) mass is 506 g/mol. The van der Waals surface area contributed by atoms with Crippen molar-refractivity contribution in [3.63, 3.8) is 0 Å². The molecule has 184 valence electrons. The van der Waals surface area contributed by atoms with E-state index in [-0.39, 0.29) is 27.9 Å². The molecule has 0 saturated heterocycles. The highest BCUT2D eigenvalue weighted by Gasteiger charge is 2.29. The van der Waals surface area contributed by atoms with E-state index in [9.17, 15) is 21.6 Å². The standard InChI is InChI=1S/C23H30N4O5S2/c1-3-26(19-9-13-21(14-10-19)33(29,30)24-17-5-6-17)23(28)27(4-2)20-11-15-22(16-12-20)34(31,32)25-18-7-8-18/h9-18,24-25H,3-8H2,1-2H3. The SMILES string of the molecule is CCN(C(=O)N(CC)c1ccc(S(=O)(=O)NC2CC2)cc1)c1ccc(S(=O)(=O)NC2CC2)cc1. The van der Waals surface area contributed by atoms with Crippen molar-refractivity contribution in [2.45, 2.75) is 61.4 Å². The van der Waals surface area contributed by atoms with Crippen LogP contribution in [0.4, 0.5) is 16.2 Å². The first-order valence-electron chi connectivity index (χ1n) is 11.5. The molecule has 0 aliphatic heterocycles. The van der Waals surface area contributed by atoms with E-state index >= 15 is 0 Å². The fraction of sp³-hybridized carbons (Fsp3) is 0.435. The van der Waals surface area contributed by atoms with Crippen LogP contribution in [0.15, 0.2) is 58.3 Å². The zero-order valence-corrected chi connectivity index (χ0v) is 20.9. The fourth-order valence-corrected chi connectivity index (χ4v) is 6.20. The number of sulfonamides is 2. The van der Waals surface area contributed by atoms with Crippen LogP contribution in [0.3, 0.4) is 0 Å². The van der Waals surface area contributed by atoms with E-state index < -0.39 is 20.0 Å². The lowest BCUT2D eigenvalue weighted by Crippen LogP contribution is -2.43. The van der Waals surface area contributed by atoms with Gasteiger partial charge in [0.2, 0.25) is 20.0 Å². The Morgan fingerprint density at radius 2 is 1.03 bits per heavy atom. The first kappa shape index (κ1) is 24.6. The number of anilines is 2. The molecule has 0 spiro atoms. The molecule has 0 aromatic heterocycles. The Balaban J connectivity index is 1.50. The average Bonchev–Trinajstić information content (AvgIpc) is 3.74. The summed E-state index contributed by atoms with van der Waals surface area (Å²) in [5.41, 5.74) is 1.15. The number of carbonyl (C=O) groups is 1. The lowest BCUT2D eigenvalue weighted by atomic mass is 10.2. The fourth-order valence-electron chi connectivity index (χ4n) is 3.59. The van der Waals surface area contributed by atoms with Crippen LogP contribution in [0.1, 0.15) is 39.5 Å². The van der Waals surface area contributed by atoms with Crippen LogP contribution in [-0.2, 0) is 20.0 Å². The number of urea groups is 1. The zero-order chi connectivity index (χ0) is 24.5. The second-order valence-corrected chi connectivity index (χ2v) is 12.0. The highest BCUT2D eigenvalue weighted by Crippen LogP contribution is 2.26.